The van der Waals surface area contributed by atoms with Crippen LogP contribution in [0.4, 0.5) is 0 Å². The Labute approximate surface area is 68.0 Å². The van der Waals surface area contributed by atoms with Crippen LogP contribution >= 0.6 is 0 Å². The van der Waals surface area contributed by atoms with Crippen LogP contribution in [0.1, 0.15) is 0 Å². The predicted molar refractivity (Wildman–Crippen MR) is 40.9 cm³/mol. The molecule has 0 amide bonds. The first-order chi connectivity index (χ1) is 2.00. The van der Waals surface area contributed by atoms with Crippen molar-refractivity contribution in [3.63, 3.8) is 0 Å². The molecule has 0 saturated carbocycles. The van der Waals surface area contributed by atoms with Gasteiger partial charge in [-0.15, -0.1) is 0 Å². The monoisotopic (exact) mass is 223 g/mol. The van der Waals surface area contributed by atoms with Crippen molar-refractivity contribution >= 4 is 10.4 Å². The summed E-state index contributed by atoms with van der Waals surface area (Å²) in [5, 5.41) is 0. The summed E-state index contributed by atoms with van der Waals surface area (Å²) in [4.78, 5) is 0. The van der Waals surface area contributed by atoms with E-state index in [0.29, 0.717) is 0 Å². The fourth-order valence-electron chi connectivity index (χ4n) is 0. The van der Waals surface area contributed by atoms with Crippen LogP contribution in [-0.2, 0) is 10.4 Å². The standard InChI is InChI=1S/H3N.H2O4S.6H2O/c;1-5(2,3)4;;;;;;/h1H3;(H2,1,2,3,4);6*1H2. The zero-order valence-corrected chi connectivity index (χ0v) is 6.64. The van der Waals surface area contributed by atoms with Gasteiger partial charge in [0.15, 0.2) is 0 Å². The molecule has 12 heavy (non-hydrogen) atoms. The van der Waals surface area contributed by atoms with E-state index in [-0.39, 0.29) is 39.0 Å². The highest BCUT2D eigenvalue weighted by Gasteiger charge is 1.84. The Morgan fingerprint density at radius 2 is 0.667 bits per heavy atom. The molecule has 0 aliphatic heterocycles. The molecule has 0 rings (SSSR count). The predicted octanol–water partition coefficient (Wildman–Crippen LogP) is -5.44. The fraction of sp³-hybridized carbons (Fsp3) is 0. The van der Waals surface area contributed by atoms with Crippen LogP contribution in [0.15, 0.2) is 0 Å². The molecule has 0 fully saturated rings. The molecule has 11 nitrogen and oxygen atoms in total. The molecule has 17 N–H and O–H groups in total. The zero-order chi connectivity index (χ0) is 4.50. The molecular formula is H17NO10S. The van der Waals surface area contributed by atoms with E-state index in [9.17, 15) is 0 Å². The lowest BCUT2D eigenvalue weighted by atomic mass is 14.0. The van der Waals surface area contributed by atoms with Crippen LogP contribution in [0, 0.1) is 0 Å². The second-order valence-corrected chi connectivity index (χ2v) is 1.34. The van der Waals surface area contributed by atoms with Gasteiger partial charge in [0.05, 0.1) is 0 Å². The Hall–Kier alpha value is -0.410. The van der Waals surface area contributed by atoms with E-state index in [1.165, 1.54) is 0 Å². The molecule has 0 aliphatic carbocycles. The van der Waals surface area contributed by atoms with Crippen molar-refractivity contribution < 1.29 is 50.4 Å². The zero-order valence-electron chi connectivity index (χ0n) is 5.83. The van der Waals surface area contributed by atoms with Gasteiger partial charge in [-0.2, -0.15) is 8.42 Å². The molecule has 0 spiro atoms. The van der Waals surface area contributed by atoms with Gasteiger partial charge in [-0.3, -0.25) is 9.11 Å². The van der Waals surface area contributed by atoms with Crippen LogP contribution in [0.3, 0.4) is 0 Å². The summed E-state index contributed by atoms with van der Waals surface area (Å²) < 4.78 is 31.6. The minimum Gasteiger partial charge on any atom is -0.412 e. The van der Waals surface area contributed by atoms with E-state index < -0.39 is 10.4 Å². The third-order valence-electron chi connectivity index (χ3n) is 0. The van der Waals surface area contributed by atoms with Gasteiger partial charge < -0.3 is 39.0 Å². The number of rotatable bonds is 0. The molecule has 12 heteroatoms. The lowest BCUT2D eigenvalue weighted by Crippen LogP contribution is -1.89. The normalized spacial score (nSPS) is 4.83. The van der Waals surface area contributed by atoms with E-state index in [2.05, 4.69) is 0 Å². The highest BCUT2D eigenvalue weighted by molar-refractivity contribution is 7.79. The Balaban J connectivity index is -0.00000000381. The summed E-state index contributed by atoms with van der Waals surface area (Å²) in [7, 11) is -4.67. The van der Waals surface area contributed by atoms with Crippen molar-refractivity contribution in [3.05, 3.63) is 0 Å². The summed E-state index contributed by atoms with van der Waals surface area (Å²) in [5.41, 5.74) is 0. The molecule has 0 unspecified atom stereocenters. The third-order valence-corrected chi connectivity index (χ3v) is 0. The molecule has 0 radical (unpaired) electrons. The largest absolute Gasteiger partial charge is 0.412 e. The highest BCUT2D eigenvalue weighted by Crippen LogP contribution is 1.59. The maximum absolute atomic E-state index is 8.74. The van der Waals surface area contributed by atoms with Crippen LogP contribution in [0.5, 0.6) is 0 Å². The molecule has 88 valence electrons. The summed E-state index contributed by atoms with van der Waals surface area (Å²) in [6, 6.07) is 0. The van der Waals surface area contributed by atoms with E-state index in [1.807, 2.05) is 0 Å². The van der Waals surface area contributed by atoms with Gasteiger partial charge in [-0.25, -0.2) is 0 Å². The van der Waals surface area contributed by atoms with Gasteiger partial charge in [0, 0.05) is 0 Å². The maximum atomic E-state index is 8.74. The van der Waals surface area contributed by atoms with Crippen molar-refractivity contribution in [2.75, 3.05) is 0 Å². The summed E-state index contributed by atoms with van der Waals surface area (Å²) in [6.45, 7) is 0. The second-order valence-electron chi connectivity index (χ2n) is 0.448. The first kappa shape index (κ1) is 101. The second kappa shape index (κ2) is 31.2. The lowest BCUT2D eigenvalue weighted by molar-refractivity contribution is 0.381. The SMILES string of the molecule is N.O.O.O.O.O.O.O=S(=O)(O)O. The Bertz CT molecular complexity index is 93.0. The average Bonchev–Trinajstić information content (AvgIpc) is 0.722. The Morgan fingerprint density at radius 3 is 0.667 bits per heavy atom. The molecule has 0 aromatic carbocycles. The van der Waals surface area contributed by atoms with Crippen LogP contribution in [0.2, 0.25) is 0 Å². The van der Waals surface area contributed by atoms with Gasteiger partial charge in [0.1, 0.15) is 0 Å². The molecule has 0 atom stereocenters. The maximum Gasteiger partial charge on any atom is 0.394 e. The summed E-state index contributed by atoms with van der Waals surface area (Å²) >= 11 is 0. The van der Waals surface area contributed by atoms with Crippen molar-refractivity contribution in [1.82, 2.24) is 6.15 Å². The average molecular weight is 223 g/mol. The van der Waals surface area contributed by atoms with E-state index in [0.717, 1.165) is 0 Å². The fourth-order valence-corrected chi connectivity index (χ4v) is 0. The lowest BCUT2D eigenvalue weighted by Gasteiger charge is -1.68. The first-order valence-electron chi connectivity index (χ1n) is 0.698. The van der Waals surface area contributed by atoms with Gasteiger partial charge in [-0.1, -0.05) is 0 Å². The minimum atomic E-state index is -4.67. The summed E-state index contributed by atoms with van der Waals surface area (Å²) in [5.74, 6) is 0. The van der Waals surface area contributed by atoms with Crippen LogP contribution in [0.25, 0.3) is 0 Å². The smallest absolute Gasteiger partial charge is 0.394 e. The highest BCUT2D eigenvalue weighted by atomic mass is 32.3. The van der Waals surface area contributed by atoms with E-state index in [4.69, 9.17) is 17.5 Å². The van der Waals surface area contributed by atoms with Crippen LogP contribution in [-0.4, -0.2) is 50.4 Å². The van der Waals surface area contributed by atoms with Gasteiger partial charge in [0.25, 0.3) is 0 Å². The van der Waals surface area contributed by atoms with Crippen molar-refractivity contribution in [2.24, 2.45) is 0 Å². The molecule has 0 saturated heterocycles. The molecule has 0 heterocycles. The molecule has 0 aromatic heterocycles. The molecule has 0 aliphatic rings. The Morgan fingerprint density at radius 1 is 0.667 bits per heavy atom. The molecule has 0 bridgehead atoms. The molecule has 0 aromatic rings. The topological polar surface area (TPSA) is 299 Å². The van der Waals surface area contributed by atoms with Crippen molar-refractivity contribution in [1.29, 1.82) is 0 Å². The Kier molecular flexibility index (Phi) is 262. The quantitative estimate of drug-likeness (QED) is 0.337. The van der Waals surface area contributed by atoms with Crippen molar-refractivity contribution in [3.8, 4) is 0 Å². The van der Waals surface area contributed by atoms with Gasteiger partial charge >= 0.3 is 10.4 Å². The van der Waals surface area contributed by atoms with E-state index >= 15 is 0 Å². The summed E-state index contributed by atoms with van der Waals surface area (Å²) in [6.07, 6.45) is 0. The first-order valence-corrected chi connectivity index (χ1v) is 2.10. The minimum absolute atomic E-state index is 0. The third kappa shape index (κ3) is 4210. The van der Waals surface area contributed by atoms with Gasteiger partial charge in [-0.05, 0) is 0 Å². The molecular weight excluding hydrogens is 206 g/mol. The number of hydrogen-bond donors (Lipinski definition) is 3. The van der Waals surface area contributed by atoms with Crippen molar-refractivity contribution in [2.45, 2.75) is 0 Å². The number of hydrogen-bond acceptors (Lipinski definition) is 3. The van der Waals surface area contributed by atoms with Crippen LogP contribution < -0.4 is 6.15 Å². The van der Waals surface area contributed by atoms with E-state index in [1.54, 1.807) is 0 Å². The van der Waals surface area contributed by atoms with Gasteiger partial charge in [0.2, 0.25) is 0 Å².